The van der Waals surface area contributed by atoms with Crippen molar-refractivity contribution in [3.63, 3.8) is 0 Å². The molecule has 0 fully saturated rings. The van der Waals surface area contributed by atoms with Gasteiger partial charge >= 0.3 is 0 Å². The zero-order valence-corrected chi connectivity index (χ0v) is 20.3. The molecule has 1 unspecified atom stereocenters. The van der Waals surface area contributed by atoms with E-state index < -0.39 is 5.25 Å². The maximum Gasteiger partial charge on any atom is 0.283 e. The lowest BCUT2D eigenvalue weighted by Crippen LogP contribution is -2.45. The Bertz CT molecular complexity index is 1040. The Balaban J connectivity index is 1.95. The number of anilines is 1. The average Bonchev–Trinajstić information content (AvgIpc) is 3.29. The molecule has 3 rings (SSSR count). The predicted molar refractivity (Wildman–Crippen MR) is 130 cm³/mol. The van der Waals surface area contributed by atoms with Crippen molar-refractivity contribution in [2.45, 2.75) is 38.5 Å². The molecule has 1 aliphatic rings. The number of carbonyl (C=O) groups is 2. The minimum Gasteiger partial charge on any atom is -0.495 e. The summed E-state index contributed by atoms with van der Waals surface area (Å²) in [6, 6.07) is 8.92. The number of carbonyl (C=O) groups excluding carboxylic acids is 2. The normalized spacial score (nSPS) is 16.5. The van der Waals surface area contributed by atoms with E-state index in [-0.39, 0.29) is 17.4 Å². The first-order valence-electron chi connectivity index (χ1n) is 9.59. The van der Waals surface area contributed by atoms with E-state index in [1.807, 2.05) is 38.3 Å². The second-order valence-corrected chi connectivity index (χ2v) is 10.6. The number of aliphatic imine (C=N–C) groups is 1. The highest BCUT2D eigenvalue weighted by Gasteiger charge is 2.35. The summed E-state index contributed by atoms with van der Waals surface area (Å²) >= 11 is 9.04. The second kappa shape index (κ2) is 9.46. The molecule has 0 aliphatic carbocycles. The van der Waals surface area contributed by atoms with E-state index in [1.165, 1.54) is 35.1 Å². The van der Waals surface area contributed by atoms with Gasteiger partial charge < -0.3 is 10.1 Å². The van der Waals surface area contributed by atoms with Gasteiger partial charge in [-0.15, -0.1) is 11.3 Å². The zero-order chi connectivity index (χ0) is 22.8. The summed E-state index contributed by atoms with van der Waals surface area (Å²) in [6.45, 7) is 7.56. The Morgan fingerprint density at radius 1 is 1.35 bits per heavy atom. The van der Waals surface area contributed by atoms with E-state index in [2.05, 4.69) is 10.3 Å². The van der Waals surface area contributed by atoms with Crippen molar-refractivity contribution in [2.24, 2.45) is 4.99 Å². The molecule has 0 saturated carbocycles. The number of hydrogen-bond donors (Lipinski definition) is 1. The number of nitrogens with zero attached hydrogens (tertiary/aromatic N) is 2. The highest BCUT2D eigenvalue weighted by molar-refractivity contribution is 8.15. The van der Waals surface area contributed by atoms with Crippen molar-refractivity contribution in [1.29, 1.82) is 0 Å². The van der Waals surface area contributed by atoms with Crippen LogP contribution in [-0.4, -0.2) is 34.9 Å². The topological polar surface area (TPSA) is 71.0 Å². The maximum atomic E-state index is 13.2. The van der Waals surface area contributed by atoms with Crippen LogP contribution in [0.2, 0.25) is 5.02 Å². The van der Waals surface area contributed by atoms with Crippen LogP contribution in [0.5, 0.6) is 5.75 Å². The van der Waals surface area contributed by atoms with Crippen LogP contribution < -0.4 is 15.0 Å². The van der Waals surface area contributed by atoms with Gasteiger partial charge in [-0.1, -0.05) is 29.4 Å². The van der Waals surface area contributed by atoms with Gasteiger partial charge in [0.05, 0.1) is 23.1 Å². The maximum absolute atomic E-state index is 13.2. The van der Waals surface area contributed by atoms with E-state index in [4.69, 9.17) is 16.3 Å². The van der Waals surface area contributed by atoms with Crippen LogP contribution in [0.4, 0.5) is 5.69 Å². The Hall–Kier alpha value is -2.29. The van der Waals surface area contributed by atoms with Crippen LogP contribution in [0, 0.1) is 0 Å². The molecule has 0 spiro atoms. The summed E-state index contributed by atoms with van der Waals surface area (Å²) in [5, 5.41) is 5.24. The van der Waals surface area contributed by atoms with Crippen LogP contribution in [0.3, 0.4) is 0 Å². The molecule has 164 valence electrons. The fourth-order valence-electron chi connectivity index (χ4n) is 2.79. The van der Waals surface area contributed by atoms with Crippen molar-refractivity contribution in [1.82, 2.24) is 5.32 Å². The smallest absolute Gasteiger partial charge is 0.283 e. The Morgan fingerprint density at radius 3 is 2.68 bits per heavy atom. The number of rotatable bonds is 5. The molecule has 2 aromatic rings. The molecule has 6 nitrogen and oxygen atoms in total. The fraction of sp³-hybridized carbons (Fsp3) is 0.318. The number of thioether (sulfide) groups is 1. The van der Waals surface area contributed by atoms with Crippen molar-refractivity contribution in [3.8, 4) is 5.75 Å². The molecule has 1 aromatic heterocycles. The molecule has 2 amide bonds. The lowest BCUT2D eigenvalue weighted by atomic mass is 10.1. The first kappa shape index (κ1) is 23.4. The third kappa shape index (κ3) is 5.70. The molecular weight excluding hydrogens is 454 g/mol. The van der Waals surface area contributed by atoms with Crippen LogP contribution in [-0.2, 0) is 9.59 Å². The van der Waals surface area contributed by atoms with Crippen LogP contribution in [0.15, 0.2) is 46.4 Å². The SMILES string of the molecule is COc1ccc(N2C(=O)/C(=C\c3cccs3)N=C2SC(C)C(=O)NC(C)(C)C)cc1Cl. The number of benzene rings is 1. The van der Waals surface area contributed by atoms with Gasteiger partial charge in [-0.25, -0.2) is 4.99 Å². The molecule has 31 heavy (non-hydrogen) atoms. The van der Waals surface area contributed by atoms with Crippen LogP contribution >= 0.6 is 34.7 Å². The zero-order valence-electron chi connectivity index (χ0n) is 17.9. The summed E-state index contributed by atoms with van der Waals surface area (Å²) < 4.78 is 5.22. The Morgan fingerprint density at radius 2 is 2.10 bits per heavy atom. The van der Waals surface area contributed by atoms with E-state index in [0.717, 1.165) is 4.88 Å². The van der Waals surface area contributed by atoms with E-state index in [0.29, 0.717) is 27.3 Å². The van der Waals surface area contributed by atoms with E-state index in [9.17, 15) is 9.59 Å². The van der Waals surface area contributed by atoms with Crippen LogP contribution in [0.1, 0.15) is 32.6 Å². The number of ether oxygens (including phenoxy) is 1. The highest BCUT2D eigenvalue weighted by Crippen LogP contribution is 2.35. The number of thiophene rings is 1. The molecule has 1 N–H and O–H groups in total. The quantitative estimate of drug-likeness (QED) is 0.601. The van der Waals surface area contributed by atoms with Gasteiger partial charge in [0.2, 0.25) is 5.91 Å². The van der Waals surface area contributed by atoms with Crippen molar-refractivity contribution in [3.05, 3.63) is 51.3 Å². The van der Waals surface area contributed by atoms with Crippen molar-refractivity contribution >= 4 is 63.4 Å². The summed E-state index contributed by atoms with van der Waals surface area (Å²) in [6.07, 6.45) is 1.75. The number of halogens is 1. The molecule has 0 saturated heterocycles. The lowest BCUT2D eigenvalue weighted by Gasteiger charge is -2.24. The minimum atomic E-state index is -0.455. The van der Waals surface area contributed by atoms with Gasteiger partial charge in [-0.05, 0) is 63.4 Å². The van der Waals surface area contributed by atoms with Crippen molar-refractivity contribution in [2.75, 3.05) is 12.0 Å². The van der Waals surface area contributed by atoms with Crippen LogP contribution in [0.25, 0.3) is 6.08 Å². The number of methoxy groups -OCH3 is 1. The summed E-state index contributed by atoms with van der Waals surface area (Å²) in [7, 11) is 1.53. The number of amidine groups is 1. The summed E-state index contributed by atoms with van der Waals surface area (Å²) in [5.74, 6) is 0.104. The van der Waals surface area contributed by atoms with Gasteiger partial charge in [0.1, 0.15) is 11.4 Å². The monoisotopic (exact) mass is 477 g/mol. The minimum absolute atomic E-state index is 0.129. The van der Waals surface area contributed by atoms with E-state index in [1.54, 1.807) is 31.2 Å². The molecule has 1 atom stereocenters. The first-order chi connectivity index (χ1) is 14.6. The van der Waals surface area contributed by atoms with Crippen molar-refractivity contribution < 1.29 is 14.3 Å². The summed E-state index contributed by atoms with van der Waals surface area (Å²) in [5.41, 5.74) is 0.507. The highest BCUT2D eigenvalue weighted by atomic mass is 35.5. The predicted octanol–water partition coefficient (Wildman–Crippen LogP) is 5.19. The third-order valence-corrected chi connectivity index (χ3v) is 6.36. The standard InChI is InChI=1S/C22H24ClN3O3S2/c1-13(19(27)25-22(2,3)4)31-21-24-17(12-15-7-6-10-30-15)20(28)26(21)14-8-9-18(29-5)16(23)11-14/h6-13H,1-5H3,(H,25,27)/b17-12+. The second-order valence-electron chi connectivity index (χ2n) is 7.90. The molecule has 9 heteroatoms. The number of nitrogens with one attached hydrogen (secondary N) is 1. The molecule has 1 aliphatic heterocycles. The van der Waals surface area contributed by atoms with Gasteiger partial charge in [-0.3, -0.25) is 14.5 Å². The molecule has 0 bridgehead atoms. The largest absolute Gasteiger partial charge is 0.495 e. The average molecular weight is 478 g/mol. The van der Waals surface area contributed by atoms with Gasteiger partial charge in [0, 0.05) is 10.4 Å². The summed E-state index contributed by atoms with van der Waals surface area (Å²) in [4.78, 5) is 32.8. The Labute approximate surface area is 195 Å². The molecule has 1 aromatic carbocycles. The third-order valence-electron chi connectivity index (χ3n) is 4.19. The molecular formula is C22H24ClN3O3S2. The number of amides is 2. The molecule has 0 radical (unpaired) electrons. The van der Waals surface area contributed by atoms with Gasteiger partial charge in [0.15, 0.2) is 5.17 Å². The van der Waals surface area contributed by atoms with Gasteiger partial charge in [0.25, 0.3) is 5.91 Å². The van der Waals surface area contributed by atoms with E-state index >= 15 is 0 Å². The number of hydrogen-bond acceptors (Lipinski definition) is 6. The first-order valence-corrected chi connectivity index (χ1v) is 11.7. The fourth-order valence-corrected chi connectivity index (χ4v) is 4.62. The molecule has 2 heterocycles. The van der Waals surface area contributed by atoms with Gasteiger partial charge in [-0.2, -0.15) is 0 Å². The Kier molecular flexibility index (Phi) is 7.13. The lowest BCUT2D eigenvalue weighted by molar-refractivity contribution is -0.121.